The van der Waals surface area contributed by atoms with Crippen molar-refractivity contribution >= 4 is 35.8 Å². The molecule has 0 bridgehead atoms. The molecule has 29 heavy (non-hydrogen) atoms. The Hall–Kier alpha value is -1.52. The third kappa shape index (κ3) is 8.39. The highest BCUT2D eigenvalue weighted by molar-refractivity contribution is 14.0. The first-order valence-electron chi connectivity index (χ1n) is 9.76. The van der Waals surface area contributed by atoms with Crippen LogP contribution in [-0.2, 0) is 6.42 Å². The Morgan fingerprint density at radius 1 is 1.28 bits per heavy atom. The number of amides is 1. The number of hydrogen-bond donors (Lipinski definition) is 3. The maximum absolute atomic E-state index is 13.0. The summed E-state index contributed by atoms with van der Waals surface area (Å²) in [4.78, 5) is 16.2. The van der Waals surface area contributed by atoms with Crippen molar-refractivity contribution in [3.63, 3.8) is 0 Å². The van der Waals surface area contributed by atoms with Crippen LogP contribution in [0.3, 0.4) is 0 Å². The minimum Gasteiger partial charge on any atom is -0.357 e. The number of benzene rings is 1. The summed E-state index contributed by atoms with van der Waals surface area (Å²) in [6.45, 7) is 3.03. The maximum Gasteiger partial charge on any atom is 0.391 e. The second-order valence-electron chi connectivity index (χ2n) is 7.04. The van der Waals surface area contributed by atoms with Gasteiger partial charge in [-0.05, 0) is 50.3 Å². The quantitative estimate of drug-likeness (QED) is 0.300. The van der Waals surface area contributed by atoms with Crippen LogP contribution in [0.5, 0.6) is 0 Å². The average Bonchev–Trinajstić information content (AvgIpc) is 2.67. The lowest BCUT2D eigenvalue weighted by Crippen LogP contribution is -2.46. The van der Waals surface area contributed by atoms with Crippen LogP contribution in [0.15, 0.2) is 29.3 Å². The summed E-state index contributed by atoms with van der Waals surface area (Å²) in [5.41, 5.74) is 1.57. The predicted octanol–water partition coefficient (Wildman–Crippen LogP) is 3.88. The molecule has 1 amide bonds. The highest BCUT2D eigenvalue weighted by atomic mass is 127. The maximum atomic E-state index is 13.0. The Balaban J connectivity index is 0.00000420. The van der Waals surface area contributed by atoms with Gasteiger partial charge in [0.1, 0.15) is 0 Å². The fourth-order valence-corrected chi connectivity index (χ4v) is 3.44. The average molecular weight is 526 g/mol. The molecule has 0 saturated heterocycles. The molecular formula is C20H30F3IN4O. The topological polar surface area (TPSA) is 65.5 Å². The second kappa shape index (κ2) is 12.2. The standard InChI is InChI=1S/C20H29F3N4O.HI/c1-3-25-19(27-17-9-5-8-16(13-17)20(21,22)23)26-11-10-14-6-4-7-15(12-14)18(28)24-2;/h4,6-7,12,16-17H,3,5,8-11,13H2,1-2H3,(H,24,28)(H2,25,26,27);1H. The molecule has 1 aromatic carbocycles. The van der Waals surface area contributed by atoms with Crippen LogP contribution in [-0.4, -0.2) is 44.2 Å². The molecule has 2 rings (SSSR count). The number of guanidine groups is 1. The summed E-state index contributed by atoms with van der Waals surface area (Å²) in [5.74, 6) is -0.844. The van der Waals surface area contributed by atoms with Gasteiger partial charge in [-0.1, -0.05) is 18.6 Å². The first-order valence-corrected chi connectivity index (χ1v) is 9.76. The van der Waals surface area contributed by atoms with Crippen molar-refractivity contribution < 1.29 is 18.0 Å². The molecule has 1 aliphatic carbocycles. The molecule has 9 heteroatoms. The second-order valence-corrected chi connectivity index (χ2v) is 7.04. The number of hydrogen-bond acceptors (Lipinski definition) is 2. The first-order chi connectivity index (χ1) is 13.3. The summed E-state index contributed by atoms with van der Waals surface area (Å²) < 4.78 is 39.0. The van der Waals surface area contributed by atoms with E-state index >= 15 is 0 Å². The van der Waals surface area contributed by atoms with Gasteiger partial charge in [0.05, 0.1) is 5.92 Å². The summed E-state index contributed by atoms with van der Waals surface area (Å²) >= 11 is 0. The molecule has 3 N–H and O–H groups in total. The zero-order valence-corrected chi connectivity index (χ0v) is 19.1. The zero-order chi connectivity index (χ0) is 20.6. The van der Waals surface area contributed by atoms with Crippen molar-refractivity contribution in [3.8, 4) is 0 Å². The SMILES string of the molecule is CCNC(=NCCc1cccc(C(=O)NC)c1)NC1CCCC(C(F)(F)F)C1.I. The molecule has 0 radical (unpaired) electrons. The minimum atomic E-state index is -4.13. The van der Waals surface area contributed by atoms with Gasteiger partial charge in [0.15, 0.2) is 5.96 Å². The van der Waals surface area contributed by atoms with Crippen LogP contribution < -0.4 is 16.0 Å². The number of alkyl halides is 3. The number of carbonyl (C=O) groups excluding carboxylic acids is 1. The van der Waals surface area contributed by atoms with Crippen molar-refractivity contribution in [2.75, 3.05) is 20.1 Å². The Morgan fingerprint density at radius 2 is 2.03 bits per heavy atom. The molecule has 2 atom stereocenters. The Kier molecular flexibility index (Phi) is 10.8. The van der Waals surface area contributed by atoms with Crippen LogP contribution in [0.25, 0.3) is 0 Å². The molecule has 1 saturated carbocycles. The van der Waals surface area contributed by atoms with Crippen molar-refractivity contribution in [1.29, 1.82) is 0 Å². The number of halogens is 4. The van der Waals surface area contributed by atoms with Crippen molar-refractivity contribution in [2.24, 2.45) is 10.9 Å². The summed E-state index contributed by atoms with van der Waals surface area (Å²) in [5, 5.41) is 8.85. The molecule has 1 aliphatic rings. The van der Waals surface area contributed by atoms with Gasteiger partial charge in [-0.2, -0.15) is 13.2 Å². The monoisotopic (exact) mass is 526 g/mol. The van der Waals surface area contributed by atoms with E-state index in [9.17, 15) is 18.0 Å². The molecule has 0 aromatic heterocycles. The Labute approximate surface area is 187 Å². The Bertz CT molecular complexity index is 682. The predicted molar refractivity (Wildman–Crippen MR) is 120 cm³/mol. The van der Waals surface area contributed by atoms with E-state index in [0.717, 1.165) is 5.56 Å². The third-order valence-electron chi connectivity index (χ3n) is 4.91. The number of aliphatic imine (C=N–C) groups is 1. The fraction of sp³-hybridized carbons (Fsp3) is 0.600. The largest absolute Gasteiger partial charge is 0.391 e. The fourth-order valence-electron chi connectivity index (χ4n) is 3.44. The van der Waals surface area contributed by atoms with Gasteiger partial charge in [-0.15, -0.1) is 24.0 Å². The van der Waals surface area contributed by atoms with E-state index in [0.29, 0.717) is 43.9 Å². The molecule has 1 fully saturated rings. The van der Waals surface area contributed by atoms with Crippen molar-refractivity contribution in [1.82, 2.24) is 16.0 Å². The van der Waals surface area contributed by atoms with Crippen LogP contribution in [0, 0.1) is 5.92 Å². The van der Waals surface area contributed by atoms with Gasteiger partial charge < -0.3 is 16.0 Å². The van der Waals surface area contributed by atoms with E-state index < -0.39 is 12.1 Å². The van der Waals surface area contributed by atoms with E-state index in [1.54, 1.807) is 13.1 Å². The van der Waals surface area contributed by atoms with Gasteiger partial charge in [0.2, 0.25) is 0 Å². The van der Waals surface area contributed by atoms with E-state index in [2.05, 4.69) is 20.9 Å². The number of nitrogens with zero attached hydrogens (tertiary/aromatic N) is 1. The number of nitrogens with one attached hydrogen (secondary N) is 3. The molecule has 2 unspecified atom stereocenters. The first kappa shape index (κ1) is 25.5. The van der Waals surface area contributed by atoms with Gasteiger partial charge in [-0.25, -0.2) is 0 Å². The van der Waals surface area contributed by atoms with Crippen LogP contribution in [0.2, 0.25) is 0 Å². The summed E-state index contributed by atoms with van der Waals surface area (Å²) in [7, 11) is 1.59. The third-order valence-corrected chi connectivity index (χ3v) is 4.91. The summed E-state index contributed by atoms with van der Waals surface area (Å²) in [6.07, 6.45) is -1.93. The van der Waals surface area contributed by atoms with Gasteiger partial charge >= 0.3 is 6.18 Å². The highest BCUT2D eigenvalue weighted by Gasteiger charge is 2.42. The molecule has 0 aliphatic heterocycles. The molecular weight excluding hydrogens is 496 g/mol. The van der Waals surface area contributed by atoms with Crippen molar-refractivity contribution in [2.45, 2.75) is 51.2 Å². The van der Waals surface area contributed by atoms with E-state index in [-0.39, 0.29) is 48.8 Å². The smallest absolute Gasteiger partial charge is 0.357 e. The molecule has 164 valence electrons. The zero-order valence-electron chi connectivity index (χ0n) is 16.8. The molecule has 5 nitrogen and oxygen atoms in total. The van der Waals surface area contributed by atoms with Gasteiger partial charge in [-0.3, -0.25) is 9.79 Å². The normalized spacial score (nSPS) is 19.8. The molecule has 1 aromatic rings. The minimum absolute atomic E-state index is 0. The number of rotatable bonds is 6. The van der Waals surface area contributed by atoms with Crippen LogP contribution in [0.1, 0.15) is 48.5 Å². The van der Waals surface area contributed by atoms with Crippen LogP contribution >= 0.6 is 24.0 Å². The van der Waals surface area contributed by atoms with E-state index in [1.807, 2.05) is 25.1 Å². The van der Waals surface area contributed by atoms with Crippen LogP contribution in [0.4, 0.5) is 13.2 Å². The van der Waals surface area contributed by atoms with Crippen molar-refractivity contribution in [3.05, 3.63) is 35.4 Å². The Morgan fingerprint density at radius 3 is 2.69 bits per heavy atom. The van der Waals surface area contributed by atoms with Gasteiger partial charge in [0.25, 0.3) is 5.91 Å². The molecule has 0 spiro atoms. The summed E-state index contributed by atoms with van der Waals surface area (Å²) in [6, 6.07) is 7.10. The highest BCUT2D eigenvalue weighted by Crippen LogP contribution is 2.37. The lowest BCUT2D eigenvalue weighted by atomic mass is 9.85. The molecule has 0 heterocycles. The lowest BCUT2D eigenvalue weighted by Gasteiger charge is -2.31. The van der Waals surface area contributed by atoms with Gasteiger partial charge in [0, 0.05) is 31.7 Å². The lowest BCUT2D eigenvalue weighted by molar-refractivity contribution is -0.183. The van der Waals surface area contributed by atoms with E-state index in [1.165, 1.54) is 0 Å². The van der Waals surface area contributed by atoms with E-state index in [4.69, 9.17) is 0 Å². The number of carbonyl (C=O) groups is 1.